The lowest BCUT2D eigenvalue weighted by Gasteiger charge is -2.17. The molecule has 0 aliphatic rings. The number of imidazole rings is 1. The van der Waals surface area contributed by atoms with Crippen LogP contribution in [0.5, 0.6) is 0 Å². The molecule has 0 aliphatic heterocycles. The van der Waals surface area contributed by atoms with Gasteiger partial charge < -0.3 is 9.88 Å². The highest BCUT2D eigenvalue weighted by Gasteiger charge is 2.10. The van der Waals surface area contributed by atoms with E-state index in [0.717, 1.165) is 40.9 Å². The van der Waals surface area contributed by atoms with Crippen LogP contribution in [0.4, 0.5) is 5.82 Å². The maximum Gasteiger partial charge on any atom is 0.239 e. The van der Waals surface area contributed by atoms with Gasteiger partial charge in [0.2, 0.25) is 5.91 Å². The van der Waals surface area contributed by atoms with Gasteiger partial charge in [-0.05, 0) is 37.5 Å². The Kier molecular flexibility index (Phi) is 5.32. The van der Waals surface area contributed by atoms with Crippen LogP contribution in [-0.4, -0.2) is 45.0 Å². The monoisotopic (exact) mass is 351 g/mol. The molecule has 1 N–H and O–H groups in total. The molecule has 0 spiro atoms. The summed E-state index contributed by atoms with van der Waals surface area (Å²) >= 11 is 0. The number of anilines is 1. The van der Waals surface area contributed by atoms with Crippen LogP contribution >= 0.6 is 0 Å². The zero-order valence-electron chi connectivity index (χ0n) is 15.8. The van der Waals surface area contributed by atoms with Crippen molar-refractivity contribution in [2.75, 3.05) is 25.0 Å². The Morgan fingerprint density at radius 2 is 1.88 bits per heavy atom. The number of rotatable bonds is 6. The van der Waals surface area contributed by atoms with Gasteiger partial charge in [0, 0.05) is 24.2 Å². The van der Waals surface area contributed by atoms with Gasteiger partial charge in [0.05, 0.1) is 18.4 Å². The van der Waals surface area contributed by atoms with E-state index in [1.807, 2.05) is 46.1 Å². The molecule has 0 radical (unpaired) electrons. The van der Waals surface area contributed by atoms with Crippen molar-refractivity contribution in [2.24, 2.45) is 7.05 Å². The second kappa shape index (κ2) is 7.66. The van der Waals surface area contributed by atoms with E-state index in [-0.39, 0.29) is 5.91 Å². The summed E-state index contributed by atoms with van der Waals surface area (Å²) in [5.74, 6) is 1.51. The van der Waals surface area contributed by atoms with Gasteiger partial charge in [0.15, 0.2) is 0 Å². The van der Waals surface area contributed by atoms with Gasteiger partial charge in [-0.1, -0.05) is 26.0 Å². The second-order valence-corrected chi connectivity index (χ2v) is 6.39. The number of aromatic nitrogens is 3. The molecule has 2 heterocycles. The number of nitrogens with zero attached hydrogens (tertiary/aromatic N) is 4. The van der Waals surface area contributed by atoms with E-state index in [4.69, 9.17) is 0 Å². The average molecular weight is 351 g/mol. The Balaban J connectivity index is 1.85. The number of pyridine rings is 1. The van der Waals surface area contributed by atoms with Gasteiger partial charge in [-0.25, -0.2) is 9.97 Å². The van der Waals surface area contributed by atoms with E-state index in [9.17, 15) is 4.79 Å². The van der Waals surface area contributed by atoms with Crippen molar-refractivity contribution in [1.29, 1.82) is 0 Å². The minimum absolute atomic E-state index is 0.0426. The maximum atomic E-state index is 12.2. The number of nitrogens with one attached hydrogen (secondary N) is 1. The van der Waals surface area contributed by atoms with E-state index < -0.39 is 0 Å². The summed E-state index contributed by atoms with van der Waals surface area (Å²) in [5, 5.41) is 4.97. The van der Waals surface area contributed by atoms with Crippen molar-refractivity contribution in [1.82, 2.24) is 19.4 Å². The summed E-state index contributed by atoms with van der Waals surface area (Å²) in [4.78, 5) is 23.0. The highest BCUT2D eigenvalue weighted by Crippen LogP contribution is 2.25. The Labute approximate surface area is 153 Å². The van der Waals surface area contributed by atoms with Gasteiger partial charge in [0.1, 0.15) is 11.6 Å². The van der Waals surface area contributed by atoms with Crippen LogP contribution in [0.25, 0.3) is 22.0 Å². The molecule has 26 heavy (non-hydrogen) atoms. The first-order valence-electron chi connectivity index (χ1n) is 8.92. The molecule has 0 fully saturated rings. The fraction of sp³-hybridized carbons (Fsp3) is 0.350. The van der Waals surface area contributed by atoms with Gasteiger partial charge >= 0.3 is 0 Å². The minimum Gasteiger partial charge on any atom is -0.331 e. The lowest BCUT2D eigenvalue weighted by Crippen LogP contribution is -2.33. The summed E-state index contributed by atoms with van der Waals surface area (Å²) < 4.78 is 2.06. The molecule has 0 unspecified atom stereocenters. The van der Waals surface area contributed by atoms with E-state index in [2.05, 4.69) is 36.9 Å². The third-order valence-electron chi connectivity index (χ3n) is 4.77. The molecular weight excluding hydrogens is 326 g/mol. The summed E-state index contributed by atoms with van der Waals surface area (Å²) in [6.45, 7) is 8.16. The molecule has 0 saturated carbocycles. The number of amides is 1. The maximum absolute atomic E-state index is 12.2. The van der Waals surface area contributed by atoms with Gasteiger partial charge in [-0.2, -0.15) is 0 Å². The predicted molar refractivity (Wildman–Crippen MR) is 105 cm³/mol. The average Bonchev–Trinajstić information content (AvgIpc) is 2.98. The Morgan fingerprint density at radius 1 is 1.12 bits per heavy atom. The molecule has 2 aromatic heterocycles. The molecule has 6 nitrogen and oxygen atoms in total. The Morgan fingerprint density at radius 3 is 2.54 bits per heavy atom. The van der Waals surface area contributed by atoms with Crippen LogP contribution in [0.15, 0.2) is 36.7 Å². The molecule has 0 saturated heterocycles. The zero-order chi connectivity index (χ0) is 18.7. The molecule has 0 aliphatic carbocycles. The standard InChI is InChI=1S/C20H25N5O/c1-5-25(6-2)13-20(26)23-19-10-17-9-15(7-8-16(17)11-22-19)18-12-21-14(3)24(18)4/h7-12H,5-6,13H2,1-4H3,(H,22,23,26). The fourth-order valence-electron chi connectivity index (χ4n) is 2.97. The van der Waals surface area contributed by atoms with Crippen molar-refractivity contribution >= 4 is 22.5 Å². The summed E-state index contributed by atoms with van der Waals surface area (Å²) in [6.07, 6.45) is 3.67. The van der Waals surface area contributed by atoms with Crippen LogP contribution < -0.4 is 5.32 Å². The number of carbonyl (C=O) groups excluding carboxylic acids is 1. The van der Waals surface area contributed by atoms with E-state index in [1.165, 1.54) is 0 Å². The van der Waals surface area contributed by atoms with Crippen LogP contribution in [0, 0.1) is 6.92 Å². The van der Waals surface area contributed by atoms with E-state index >= 15 is 0 Å². The number of hydrogen-bond acceptors (Lipinski definition) is 4. The predicted octanol–water partition coefficient (Wildman–Crippen LogP) is 3.22. The fourth-order valence-corrected chi connectivity index (χ4v) is 2.97. The Bertz CT molecular complexity index is 927. The Hall–Kier alpha value is -2.73. The number of fused-ring (bicyclic) bond motifs is 1. The molecular formula is C20H25N5O. The third-order valence-corrected chi connectivity index (χ3v) is 4.77. The first-order valence-corrected chi connectivity index (χ1v) is 8.92. The number of carbonyl (C=O) groups is 1. The van der Waals surface area contributed by atoms with Crippen LogP contribution in [-0.2, 0) is 11.8 Å². The van der Waals surface area contributed by atoms with E-state index in [0.29, 0.717) is 12.4 Å². The number of aryl methyl sites for hydroxylation is 1. The second-order valence-electron chi connectivity index (χ2n) is 6.39. The van der Waals surface area contributed by atoms with Crippen molar-refractivity contribution in [3.8, 4) is 11.3 Å². The van der Waals surface area contributed by atoms with Crippen LogP contribution in [0.1, 0.15) is 19.7 Å². The lowest BCUT2D eigenvalue weighted by molar-refractivity contribution is -0.117. The van der Waals surface area contributed by atoms with Crippen LogP contribution in [0.3, 0.4) is 0 Å². The summed E-state index contributed by atoms with van der Waals surface area (Å²) in [6, 6.07) is 8.14. The topological polar surface area (TPSA) is 63.1 Å². The molecule has 1 amide bonds. The molecule has 136 valence electrons. The smallest absolute Gasteiger partial charge is 0.239 e. The normalized spacial score (nSPS) is 11.3. The third kappa shape index (κ3) is 3.75. The van der Waals surface area contributed by atoms with Crippen molar-refractivity contribution in [3.05, 3.63) is 42.5 Å². The minimum atomic E-state index is -0.0426. The summed E-state index contributed by atoms with van der Waals surface area (Å²) in [5.41, 5.74) is 2.15. The molecule has 3 aromatic rings. The van der Waals surface area contributed by atoms with Gasteiger partial charge in [-0.3, -0.25) is 9.69 Å². The first-order chi connectivity index (χ1) is 12.5. The number of likely N-dealkylation sites (N-methyl/N-ethyl adjacent to an activating group) is 1. The molecule has 1 aromatic carbocycles. The molecule has 0 bridgehead atoms. The van der Waals surface area contributed by atoms with Crippen LogP contribution in [0.2, 0.25) is 0 Å². The van der Waals surface area contributed by atoms with Gasteiger partial charge in [-0.15, -0.1) is 0 Å². The number of hydrogen-bond donors (Lipinski definition) is 1. The SMILES string of the molecule is CCN(CC)CC(=O)Nc1cc2cc(-c3cnc(C)n3C)ccc2cn1. The molecule has 6 heteroatoms. The molecule has 3 rings (SSSR count). The lowest BCUT2D eigenvalue weighted by atomic mass is 10.1. The van der Waals surface area contributed by atoms with Crippen molar-refractivity contribution in [2.45, 2.75) is 20.8 Å². The first kappa shape index (κ1) is 18.1. The summed E-state index contributed by atoms with van der Waals surface area (Å²) in [7, 11) is 2.01. The zero-order valence-corrected chi connectivity index (χ0v) is 15.8. The number of benzene rings is 1. The van der Waals surface area contributed by atoms with E-state index in [1.54, 1.807) is 6.20 Å². The van der Waals surface area contributed by atoms with Crippen molar-refractivity contribution < 1.29 is 4.79 Å². The largest absolute Gasteiger partial charge is 0.331 e. The highest BCUT2D eigenvalue weighted by molar-refractivity contribution is 5.94. The quantitative estimate of drug-likeness (QED) is 0.741. The highest BCUT2D eigenvalue weighted by atomic mass is 16.2. The molecule has 0 atom stereocenters. The van der Waals surface area contributed by atoms with Crippen molar-refractivity contribution in [3.63, 3.8) is 0 Å². The van der Waals surface area contributed by atoms with Gasteiger partial charge in [0.25, 0.3) is 0 Å².